The lowest BCUT2D eigenvalue weighted by molar-refractivity contribution is -0.171. The average molecular weight is 318 g/mol. The summed E-state index contributed by atoms with van der Waals surface area (Å²) in [6, 6.07) is 3.85. The van der Waals surface area contributed by atoms with E-state index in [1.54, 1.807) is 11.4 Å². The van der Waals surface area contributed by atoms with Crippen LogP contribution in [0.2, 0.25) is 0 Å². The second-order valence-corrected chi connectivity index (χ2v) is 5.04. The molecule has 1 heterocycles. The molecule has 120 valence electrons. The van der Waals surface area contributed by atoms with Crippen molar-refractivity contribution in [2.75, 3.05) is 0 Å². The van der Waals surface area contributed by atoms with Crippen molar-refractivity contribution < 1.29 is 27.2 Å². The summed E-state index contributed by atoms with van der Waals surface area (Å²) in [6.45, 7) is -0.127. The molecule has 0 unspecified atom stereocenters. The van der Waals surface area contributed by atoms with Crippen LogP contribution in [0.15, 0.2) is 24.3 Å². The molecule has 0 bridgehead atoms. The molecular formula is C14H14F4N2O2. The minimum Gasteiger partial charge on any atom is -0.351 e. The van der Waals surface area contributed by atoms with Gasteiger partial charge < -0.3 is 10.6 Å². The lowest BCUT2D eigenvalue weighted by atomic mass is 9.93. The van der Waals surface area contributed by atoms with Crippen LogP contribution in [0.5, 0.6) is 0 Å². The predicted molar refractivity (Wildman–Crippen MR) is 69.0 cm³/mol. The number of halogens is 4. The zero-order chi connectivity index (χ0) is 16.3. The average Bonchev–Trinajstić information content (AvgIpc) is 2.45. The zero-order valence-corrected chi connectivity index (χ0v) is 11.4. The summed E-state index contributed by atoms with van der Waals surface area (Å²) in [7, 11) is 0. The highest BCUT2D eigenvalue weighted by Gasteiger charge is 2.45. The highest BCUT2D eigenvalue weighted by Crippen LogP contribution is 2.28. The first-order valence-electron chi connectivity index (χ1n) is 6.67. The van der Waals surface area contributed by atoms with E-state index in [4.69, 9.17) is 0 Å². The fourth-order valence-corrected chi connectivity index (χ4v) is 2.25. The van der Waals surface area contributed by atoms with Crippen LogP contribution in [-0.4, -0.2) is 24.0 Å². The Labute approximate surface area is 123 Å². The fourth-order valence-electron chi connectivity index (χ4n) is 2.25. The number of hydrogen-bond donors (Lipinski definition) is 2. The van der Waals surface area contributed by atoms with Crippen LogP contribution >= 0.6 is 0 Å². The number of nitrogens with one attached hydrogen (secondary N) is 2. The summed E-state index contributed by atoms with van der Waals surface area (Å²) in [5.41, 5.74) is 0.236. The van der Waals surface area contributed by atoms with Crippen molar-refractivity contribution in [3.63, 3.8) is 0 Å². The molecule has 2 atom stereocenters. The van der Waals surface area contributed by atoms with Gasteiger partial charge in [-0.3, -0.25) is 9.59 Å². The van der Waals surface area contributed by atoms with Crippen molar-refractivity contribution in [2.24, 2.45) is 5.92 Å². The van der Waals surface area contributed by atoms with E-state index >= 15 is 0 Å². The zero-order valence-electron chi connectivity index (χ0n) is 11.4. The number of carbonyl (C=O) groups is 2. The third-order valence-corrected chi connectivity index (χ3v) is 3.50. The number of alkyl halides is 3. The molecule has 0 aliphatic carbocycles. The first-order valence-corrected chi connectivity index (χ1v) is 6.67. The lowest BCUT2D eigenvalue weighted by Crippen LogP contribution is -2.54. The Hall–Kier alpha value is -2.12. The van der Waals surface area contributed by atoms with Gasteiger partial charge in [-0.2, -0.15) is 13.2 Å². The normalized spacial score (nSPS) is 22.1. The number of carbonyl (C=O) groups excluding carboxylic acids is 2. The molecule has 0 spiro atoms. The minimum atomic E-state index is -4.52. The van der Waals surface area contributed by atoms with Gasteiger partial charge in [-0.15, -0.1) is 0 Å². The largest absolute Gasteiger partial charge is 0.408 e. The Morgan fingerprint density at radius 2 is 1.95 bits per heavy atom. The Morgan fingerprint density at radius 3 is 2.55 bits per heavy atom. The van der Waals surface area contributed by atoms with E-state index < -0.39 is 35.8 Å². The second kappa shape index (κ2) is 6.33. The summed E-state index contributed by atoms with van der Waals surface area (Å²) in [5, 5.41) is 4.17. The number of benzene rings is 1. The van der Waals surface area contributed by atoms with Crippen LogP contribution < -0.4 is 10.6 Å². The Kier molecular flexibility index (Phi) is 4.68. The standard InChI is InChI=1S/C14H14F4N2O2/c15-10-4-2-1-3-8(10)7-19-12(21)9-5-6-11(14(16,17)18)20-13(9)22/h1-4,9,11H,5-7H2,(H,19,21)(H,20,22)/t9-,11+/m0/s1. The Bertz CT molecular complexity index is 574. The van der Waals surface area contributed by atoms with Crippen LogP contribution in [0.3, 0.4) is 0 Å². The second-order valence-electron chi connectivity index (χ2n) is 5.04. The van der Waals surface area contributed by atoms with Gasteiger partial charge in [-0.1, -0.05) is 18.2 Å². The molecule has 8 heteroatoms. The van der Waals surface area contributed by atoms with Gasteiger partial charge >= 0.3 is 6.18 Å². The van der Waals surface area contributed by atoms with Crippen LogP contribution in [0.4, 0.5) is 17.6 Å². The van der Waals surface area contributed by atoms with Crippen molar-refractivity contribution in [1.82, 2.24) is 10.6 Å². The summed E-state index contributed by atoms with van der Waals surface area (Å²) < 4.78 is 50.9. The fraction of sp³-hybridized carbons (Fsp3) is 0.429. The third kappa shape index (κ3) is 3.75. The molecule has 4 nitrogen and oxygen atoms in total. The van der Waals surface area contributed by atoms with Gasteiger partial charge in [0.05, 0.1) is 0 Å². The monoisotopic (exact) mass is 318 g/mol. The van der Waals surface area contributed by atoms with Crippen LogP contribution in [0.25, 0.3) is 0 Å². The summed E-state index contributed by atoms with van der Waals surface area (Å²) in [5.74, 6) is -3.36. The highest BCUT2D eigenvalue weighted by molar-refractivity contribution is 6.00. The first kappa shape index (κ1) is 16.3. The molecule has 1 aromatic rings. The number of rotatable bonds is 3. The highest BCUT2D eigenvalue weighted by atomic mass is 19.4. The van der Waals surface area contributed by atoms with Crippen molar-refractivity contribution in [2.45, 2.75) is 31.6 Å². The topological polar surface area (TPSA) is 58.2 Å². The van der Waals surface area contributed by atoms with Crippen LogP contribution in [-0.2, 0) is 16.1 Å². The molecule has 2 rings (SSSR count). The number of amides is 2. The molecule has 0 radical (unpaired) electrons. The maximum Gasteiger partial charge on any atom is 0.408 e. The summed E-state index contributed by atoms with van der Waals surface area (Å²) in [6.07, 6.45) is -5.07. The quantitative estimate of drug-likeness (QED) is 0.660. The number of piperidine rings is 1. The van der Waals surface area contributed by atoms with Crippen molar-refractivity contribution in [3.8, 4) is 0 Å². The van der Waals surface area contributed by atoms with Gasteiger partial charge in [0, 0.05) is 12.1 Å². The molecule has 0 aromatic heterocycles. The maximum absolute atomic E-state index is 13.4. The van der Waals surface area contributed by atoms with Gasteiger partial charge in [0.25, 0.3) is 0 Å². The molecule has 22 heavy (non-hydrogen) atoms. The first-order chi connectivity index (χ1) is 10.3. The SMILES string of the molecule is O=C(NCc1ccccc1F)[C@@H]1CC[C@H](C(F)(F)F)NC1=O. The van der Waals surface area contributed by atoms with Crippen molar-refractivity contribution in [3.05, 3.63) is 35.6 Å². The molecule has 2 N–H and O–H groups in total. The van der Waals surface area contributed by atoms with E-state index in [-0.39, 0.29) is 24.9 Å². The van der Waals surface area contributed by atoms with Gasteiger partial charge in [0.15, 0.2) is 0 Å². The van der Waals surface area contributed by atoms with E-state index in [2.05, 4.69) is 5.32 Å². The Balaban J connectivity index is 1.91. The van der Waals surface area contributed by atoms with Crippen LogP contribution in [0, 0.1) is 11.7 Å². The maximum atomic E-state index is 13.4. The molecular weight excluding hydrogens is 304 g/mol. The molecule has 1 aliphatic rings. The third-order valence-electron chi connectivity index (χ3n) is 3.50. The van der Waals surface area contributed by atoms with E-state index in [9.17, 15) is 27.2 Å². The van der Waals surface area contributed by atoms with Crippen molar-refractivity contribution >= 4 is 11.8 Å². The lowest BCUT2D eigenvalue weighted by Gasteiger charge is -2.29. The van der Waals surface area contributed by atoms with Gasteiger partial charge in [0.1, 0.15) is 17.8 Å². The molecule has 1 aliphatic heterocycles. The van der Waals surface area contributed by atoms with Gasteiger partial charge in [0.2, 0.25) is 11.8 Å². The molecule has 0 saturated carbocycles. The minimum absolute atomic E-state index is 0.127. The molecule has 1 saturated heterocycles. The van der Waals surface area contributed by atoms with Crippen LogP contribution in [0.1, 0.15) is 18.4 Å². The molecule has 1 fully saturated rings. The molecule has 1 aromatic carbocycles. The van der Waals surface area contributed by atoms with E-state index in [1.807, 2.05) is 0 Å². The summed E-state index contributed by atoms with van der Waals surface area (Å²) in [4.78, 5) is 23.5. The number of hydrogen-bond acceptors (Lipinski definition) is 2. The molecule has 2 amide bonds. The van der Waals surface area contributed by atoms with Crippen molar-refractivity contribution in [1.29, 1.82) is 0 Å². The van der Waals surface area contributed by atoms with E-state index in [0.29, 0.717) is 0 Å². The van der Waals surface area contributed by atoms with Gasteiger partial charge in [-0.05, 0) is 18.9 Å². The summed E-state index contributed by atoms with van der Waals surface area (Å²) >= 11 is 0. The predicted octanol–water partition coefficient (Wildman–Crippen LogP) is 1.90. The van der Waals surface area contributed by atoms with E-state index in [0.717, 1.165) is 0 Å². The smallest absolute Gasteiger partial charge is 0.351 e. The van der Waals surface area contributed by atoms with Gasteiger partial charge in [-0.25, -0.2) is 4.39 Å². The van der Waals surface area contributed by atoms with E-state index in [1.165, 1.54) is 18.2 Å². The Morgan fingerprint density at radius 1 is 1.27 bits per heavy atom.